The van der Waals surface area contributed by atoms with Gasteiger partial charge in [-0.05, 0) is 36.3 Å². The standard InChI is InChI=1S/C23H19ClN4O4/c1-13(29)25-11-10-15-14-6-2-4-8-18(14)26-19(15)12-16-21(30)27-23(32)28(22(16)31)20-9-5-3-7-17(20)24/h2-9,12,31H,10-11H2,1H3,(H,25,29)(H,27,30,32). The molecule has 0 saturated carbocycles. The monoisotopic (exact) mass is 450 g/mol. The lowest BCUT2D eigenvalue weighted by molar-refractivity contribution is -0.118. The van der Waals surface area contributed by atoms with Gasteiger partial charge in [0.1, 0.15) is 5.56 Å². The van der Waals surface area contributed by atoms with Gasteiger partial charge in [-0.1, -0.05) is 41.9 Å². The lowest BCUT2D eigenvalue weighted by Gasteiger charge is -2.12. The smallest absolute Gasteiger partial charge is 0.335 e. The molecule has 1 aromatic heterocycles. The topological polar surface area (TPSA) is 117 Å². The predicted molar refractivity (Wildman–Crippen MR) is 121 cm³/mol. The lowest BCUT2D eigenvalue weighted by atomic mass is 10.1. The van der Waals surface area contributed by atoms with Crippen LogP contribution in [0.4, 0.5) is 0 Å². The van der Waals surface area contributed by atoms with Crippen molar-refractivity contribution in [2.24, 2.45) is 4.99 Å². The number of para-hydroxylation sites is 2. The molecule has 1 amide bonds. The van der Waals surface area contributed by atoms with Gasteiger partial charge in [-0.25, -0.2) is 14.4 Å². The minimum atomic E-state index is -0.816. The molecule has 0 fully saturated rings. The molecule has 3 aromatic rings. The Morgan fingerprint density at radius 2 is 1.91 bits per heavy atom. The molecule has 4 rings (SSSR count). The van der Waals surface area contributed by atoms with Gasteiger partial charge in [0.15, 0.2) is 0 Å². The number of rotatable bonds is 5. The molecule has 0 bridgehead atoms. The number of H-pyrrole nitrogens is 1. The van der Waals surface area contributed by atoms with Crippen molar-refractivity contribution in [2.75, 3.05) is 6.54 Å². The van der Waals surface area contributed by atoms with Gasteiger partial charge in [-0.15, -0.1) is 0 Å². The summed E-state index contributed by atoms with van der Waals surface area (Å²) in [5, 5.41) is 15.4. The Morgan fingerprint density at radius 3 is 2.66 bits per heavy atom. The Labute approximate surface area is 186 Å². The molecule has 8 nitrogen and oxygen atoms in total. The van der Waals surface area contributed by atoms with Crippen molar-refractivity contribution in [3.8, 4) is 11.6 Å². The number of halogens is 1. The number of aromatic amines is 1. The van der Waals surface area contributed by atoms with E-state index in [0.717, 1.165) is 15.4 Å². The highest BCUT2D eigenvalue weighted by Gasteiger charge is 2.19. The third kappa shape index (κ3) is 4.00. The van der Waals surface area contributed by atoms with Crippen molar-refractivity contribution < 1.29 is 9.90 Å². The van der Waals surface area contributed by atoms with Crippen molar-refractivity contribution in [3.63, 3.8) is 0 Å². The minimum Gasteiger partial charge on any atom is -0.494 e. The zero-order valence-electron chi connectivity index (χ0n) is 17.1. The maximum Gasteiger partial charge on any atom is 0.335 e. The number of carbonyl (C=O) groups is 1. The van der Waals surface area contributed by atoms with Gasteiger partial charge in [-0.2, -0.15) is 0 Å². The molecule has 0 atom stereocenters. The molecule has 0 saturated heterocycles. The molecule has 0 radical (unpaired) electrons. The van der Waals surface area contributed by atoms with Crippen molar-refractivity contribution in [3.05, 3.63) is 96.2 Å². The highest BCUT2D eigenvalue weighted by Crippen LogP contribution is 2.26. The molecule has 2 aromatic carbocycles. The van der Waals surface area contributed by atoms with Gasteiger partial charge in [0, 0.05) is 18.7 Å². The van der Waals surface area contributed by atoms with Crippen LogP contribution in [-0.4, -0.2) is 27.1 Å². The second-order valence-corrected chi connectivity index (χ2v) is 7.56. The summed E-state index contributed by atoms with van der Waals surface area (Å²) in [5.41, 5.74) is -0.201. The SMILES string of the molecule is CC(=O)NCCC1=c2ccccc2=NC1=Cc1c(O)n(-c2ccccc2Cl)c(=O)[nH]c1=O. The number of allylic oxidation sites excluding steroid dienone is 1. The van der Waals surface area contributed by atoms with E-state index < -0.39 is 17.1 Å². The summed E-state index contributed by atoms with van der Waals surface area (Å²) < 4.78 is 0.940. The van der Waals surface area contributed by atoms with E-state index in [1.807, 2.05) is 24.3 Å². The van der Waals surface area contributed by atoms with E-state index in [2.05, 4.69) is 15.3 Å². The number of amides is 1. The van der Waals surface area contributed by atoms with Gasteiger partial charge in [0.05, 0.1) is 21.8 Å². The first-order chi connectivity index (χ1) is 15.4. The van der Waals surface area contributed by atoms with Gasteiger partial charge < -0.3 is 10.4 Å². The first kappa shape index (κ1) is 21.3. The zero-order valence-corrected chi connectivity index (χ0v) is 17.8. The van der Waals surface area contributed by atoms with E-state index in [0.29, 0.717) is 24.0 Å². The molecule has 0 unspecified atom stereocenters. The van der Waals surface area contributed by atoms with E-state index in [1.54, 1.807) is 24.3 Å². The Balaban J connectivity index is 1.88. The number of nitrogens with one attached hydrogen (secondary N) is 2. The maximum absolute atomic E-state index is 12.6. The Bertz CT molecular complexity index is 1500. The lowest BCUT2D eigenvalue weighted by Crippen LogP contribution is -2.30. The number of aromatic nitrogens is 2. The molecular weight excluding hydrogens is 432 g/mol. The van der Waals surface area contributed by atoms with Crippen LogP contribution in [0.3, 0.4) is 0 Å². The second-order valence-electron chi connectivity index (χ2n) is 7.15. The van der Waals surface area contributed by atoms with E-state index >= 15 is 0 Å². The van der Waals surface area contributed by atoms with Crippen LogP contribution in [0.15, 0.2) is 68.8 Å². The fraction of sp³-hybridized carbons (Fsp3) is 0.130. The number of fused-ring (bicyclic) bond motifs is 1. The van der Waals surface area contributed by atoms with Crippen molar-refractivity contribution in [2.45, 2.75) is 13.3 Å². The average molecular weight is 451 g/mol. The van der Waals surface area contributed by atoms with Crippen LogP contribution in [0.5, 0.6) is 5.88 Å². The molecule has 162 valence electrons. The van der Waals surface area contributed by atoms with Gasteiger partial charge >= 0.3 is 5.69 Å². The van der Waals surface area contributed by atoms with Crippen molar-refractivity contribution >= 4 is 29.2 Å². The fourth-order valence-electron chi connectivity index (χ4n) is 3.57. The first-order valence-corrected chi connectivity index (χ1v) is 10.2. The van der Waals surface area contributed by atoms with Crippen LogP contribution in [0, 0.1) is 0 Å². The summed E-state index contributed by atoms with van der Waals surface area (Å²) >= 11 is 6.20. The summed E-state index contributed by atoms with van der Waals surface area (Å²) in [6.45, 7) is 1.82. The van der Waals surface area contributed by atoms with Gasteiger partial charge in [0.25, 0.3) is 5.56 Å². The minimum absolute atomic E-state index is 0.131. The highest BCUT2D eigenvalue weighted by atomic mass is 35.5. The summed E-state index contributed by atoms with van der Waals surface area (Å²) in [6.07, 6.45) is 1.90. The molecule has 1 aliphatic heterocycles. The van der Waals surface area contributed by atoms with Crippen molar-refractivity contribution in [1.29, 1.82) is 0 Å². The normalized spacial score (nSPS) is 13.7. The van der Waals surface area contributed by atoms with Crippen LogP contribution >= 0.6 is 11.6 Å². The largest absolute Gasteiger partial charge is 0.494 e. The summed E-state index contributed by atoms with van der Waals surface area (Å²) in [7, 11) is 0. The molecule has 0 spiro atoms. The van der Waals surface area contributed by atoms with Gasteiger partial charge in [-0.3, -0.25) is 14.6 Å². The fourth-order valence-corrected chi connectivity index (χ4v) is 3.79. The Morgan fingerprint density at radius 1 is 1.19 bits per heavy atom. The maximum atomic E-state index is 12.6. The molecule has 3 N–H and O–H groups in total. The Hall–Kier alpha value is -3.91. The van der Waals surface area contributed by atoms with E-state index in [4.69, 9.17) is 11.6 Å². The predicted octanol–water partition coefficient (Wildman–Crippen LogP) is 1.24. The number of hydrogen-bond donors (Lipinski definition) is 3. The highest BCUT2D eigenvalue weighted by molar-refractivity contribution is 6.32. The number of aromatic hydroxyl groups is 1. The van der Waals surface area contributed by atoms with Crippen molar-refractivity contribution in [1.82, 2.24) is 14.9 Å². The van der Waals surface area contributed by atoms with Crippen LogP contribution in [-0.2, 0) is 4.79 Å². The third-order valence-corrected chi connectivity index (χ3v) is 5.34. The number of carbonyl (C=O) groups excluding carboxylic acids is 1. The summed E-state index contributed by atoms with van der Waals surface area (Å²) in [5.74, 6) is -0.702. The van der Waals surface area contributed by atoms with Crippen LogP contribution in [0.1, 0.15) is 18.9 Å². The summed E-state index contributed by atoms with van der Waals surface area (Å²) in [4.78, 5) is 43.1. The van der Waals surface area contributed by atoms with Crippen LogP contribution < -0.4 is 27.1 Å². The number of benzene rings is 2. The number of nitrogens with zero attached hydrogens (tertiary/aromatic N) is 2. The molecule has 32 heavy (non-hydrogen) atoms. The molecule has 0 aliphatic carbocycles. The van der Waals surface area contributed by atoms with E-state index in [-0.39, 0.29) is 22.2 Å². The first-order valence-electron chi connectivity index (χ1n) is 9.83. The second kappa shape index (κ2) is 8.68. The number of hydrogen-bond acceptors (Lipinski definition) is 5. The van der Waals surface area contributed by atoms with E-state index in [1.165, 1.54) is 13.0 Å². The summed E-state index contributed by atoms with van der Waals surface area (Å²) in [6, 6.07) is 13.9. The van der Waals surface area contributed by atoms with Crippen LogP contribution in [0.2, 0.25) is 5.02 Å². The zero-order chi connectivity index (χ0) is 22.8. The molecule has 9 heteroatoms. The van der Waals surface area contributed by atoms with E-state index in [9.17, 15) is 19.5 Å². The quantitative estimate of drug-likeness (QED) is 0.542. The average Bonchev–Trinajstić information content (AvgIpc) is 3.09. The molecule has 2 heterocycles. The third-order valence-electron chi connectivity index (χ3n) is 5.02. The van der Waals surface area contributed by atoms with Gasteiger partial charge in [0.2, 0.25) is 11.8 Å². The van der Waals surface area contributed by atoms with Crippen LogP contribution in [0.25, 0.3) is 17.3 Å². The molecular formula is C23H19ClN4O4. The Kier molecular flexibility index (Phi) is 5.79. The molecule has 1 aliphatic rings.